The maximum absolute atomic E-state index is 13.0. The number of hydrogen-bond donors (Lipinski definition) is 1. The van der Waals surface area contributed by atoms with Crippen molar-refractivity contribution in [3.05, 3.63) is 41.0 Å². The van der Waals surface area contributed by atoms with Crippen LogP contribution in [0, 0.1) is 20.8 Å². The van der Waals surface area contributed by atoms with E-state index in [1.54, 1.807) is 20.8 Å². The van der Waals surface area contributed by atoms with Gasteiger partial charge in [0.25, 0.3) is 0 Å². The van der Waals surface area contributed by atoms with E-state index in [0.717, 1.165) is 5.56 Å². The third-order valence-corrected chi connectivity index (χ3v) is 6.59. The predicted molar refractivity (Wildman–Crippen MR) is 98.9 cm³/mol. The van der Waals surface area contributed by atoms with Crippen molar-refractivity contribution in [3.8, 4) is 0 Å². The lowest BCUT2D eigenvalue weighted by Gasteiger charge is -2.19. The predicted octanol–water partition coefficient (Wildman–Crippen LogP) is 1.54. The third-order valence-electron chi connectivity index (χ3n) is 4.79. The van der Waals surface area contributed by atoms with Crippen LogP contribution in [0.4, 0.5) is 0 Å². The molecule has 0 bridgehead atoms. The van der Waals surface area contributed by atoms with Crippen molar-refractivity contribution in [1.82, 2.24) is 4.72 Å². The standard InChI is InChI=1S/C19H25NO6S/c1-10(2)19(21)26-15-9-25-16-14(8-24-17(15)16)20-27(22,23)18-12(4)6-11(3)7-13(18)5/h6-7,14-17,20H,1,8-9H2,2-5H3/t14-,15-,16-,17-/m1/s1. The maximum Gasteiger partial charge on any atom is 0.333 e. The van der Waals surface area contributed by atoms with Gasteiger partial charge in [0.15, 0.2) is 6.10 Å². The Hall–Kier alpha value is -1.74. The van der Waals surface area contributed by atoms with E-state index < -0.39 is 40.3 Å². The highest BCUT2D eigenvalue weighted by Crippen LogP contribution is 2.31. The lowest BCUT2D eigenvalue weighted by Crippen LogP contribution is -2.44. The first-order chi connectivity index (χ1) is 12.6. The molecular weight excluding hydrogens is 370 g/mol. The molecule has 0 spiro atoms. The van der Waals surface area contributed by atoms with E-state index in [4.69, 9.17) is 14.2 Å². The van der Waals surface area contributed by atoms with Crippen molar-refractivity contribution in [1.29, 1.82) is 0 Å². The second-order valence-electron chi connectivity index (χ2n) is 7.28. The molecule has 2 aliphatic heterocycles. The molecule has 2 saturated heterocycles. The molecule has 2 fully saturated rings. The van der Waals surface area contributed by atoms with Crippen molar-refractivity contribution >= 4 is 16.0 Å². The van der Waals surface area contributed by atoms with Gasteiger partial charge >= 0.3 is 5.97 Å². The largest absolute Gasteiger partial charge is 0.454 e. The van der Waals surface area contributed by atoms with Gasteiger partial charge in [-0.05, 0) is 38.8 Å². The minimum absolute atomic E-state index is 0.152. The Morgan fingerprint density at radius 2 is 1.74 bits per heavy atom. The van der Waals surface area contributed by atoms with Crippen molar-refractivity contribution in [2.75, 3.05) is 13.2 Å². The number of nitrogens with one attached hydrogen (secondary N) is 1. The number of carbonyl (C=O) groups is 1. The van der Waals surface area contributed by atoms with E-state index in [-0.39, 0.29) is 18.1 Å². The highest BCUT2D eigenvalue weighted by atomic mass is 32.2. The van der Waals surface area contributed by atoms with Gasteiger partial charge in [0.05, 0.1) is 24.2 Å². The van der Waals surface area contributed by atoms with Crippen molar-refractivity contribution in [2.24, 2.45) is 0 Å². The molecule has 0 saturated carbocycles. The minimum atomic E-state index is -3.75. The zero-order valence-corrected chi connectivity index (χ0v) is 16.8. The second kappa shape index (κ2) is 7.35. The summed E-state index contributed by atoms with van der Waals surface area (Å²) < 4.78 is 45.3. The summed E-state index contributed by atoms with van der Waals surface area (Å²) in [6, 6.07) is 3.14. The van der Waals surface area contributed by atoms with Gasteiger partial charge in [-0.1, -0.05) is 24.3 Å². The molecule has 1 N–H and O–H groups in total. The molecule has 3 rings (SSSR count). The second-order valence-corrected chi connectivity index (χ2v) is 8.93. The van der Waals surface area contributed by atoms with Crippen LogP contribution in [0.1, 0.15) is 23.6 Å². The van der Waals surface area contributed by atoms with Crippen LogP contribution in [0.2, 0.25) is 0 Å². The summed E-state index contributed by atoms with van der Waals surface area (Å²) in [5.41, 5.74) is 2.68. The Morgan fingerprint density at radius 3 is 2.33 bits per heavy atom. The highest BCUT2D eigenvalue weighted by molar-refractivity contribution is 7.89. The molecule has 1 aromatic rings. The molecule has 0 unspecified atom stereocenters. The Bertz CT molecular complexity index is 855. The van der Waals surface area contributed by atoms with E-state index >= 15 is 0 Å². The Balaban J connectivity index is 1.75. The van der Waals surface area contributed by atoms with Crippen LogP contribution in [0.25, 0.3) is 0 Å². The smallest absolute Gasteiger partial charge is 0.333 e. The summed E-state index contributed by atoms with van der Waals surface area (Å²) in [6.07, 6.45) is -1.58. The summed E-state index contributed by atoms with van der Waals surface area (Å²) >= 11 is 0. The summed E-state index contributed by atoms with van der Waals surface area (Å²) in [6.45, 7) is 10.9. The Labute approximate surface area is 159 Å². The van der Waals surface area contributed by atoms with Crippen LogP contribution in [0.3, 0.4) is 0 Å². The fourth-order valence-corrected chi connectivity index (χ4v) is 5.44. The van der Waals surface area contributed by atoms with Crippen LogP contribution in [-0.2, 0) is 29.0 Å². The number of fused-ring (bicyclic) bond motifs is 1. The van der Waals surface area contributed by atoms with Crippen LogP contribution in [0.15, 0.2) is 29.2 Å². The molecule has 0 radical (unpaired) electrons. The summed E-state index contributed by atoms with van der Waals surface area (Å²) in [5.74, 6) is -0.511. The van der Waals surface area contributed by atoms with Crippen LogP contribution in [0.5, 0.6) is 0 Å². The fraction of sp³-hybridized carbons (Fsp3) is 0.526. The molecule has 4 atom stereocenters. The van der Waals surface area contributed by atoms with Crippen LogP contribution in [-0.4, -0.2) is 52.0 Å². The summed E-state index contributed by atoms with van der Waals surface area (Å²) in [7, 11) is -3.75. The van der Waals surface area contributed by atoms with Gasteiger partial charge in [-0.3, -0.25) is 0 Å². The number of aryl methyl sites for hydroxylation is 3. The molecule has 0 amide bonds. The molecule has 0 aromatic heterocycles. The molecule has 1 aromatic carbocycles. The topological polar surface area (TPSA) is 90.9 Å². The van der Waals surface area contributed by atoms with Gasteiger partial charge in [0.2, 0.25) is 10.0 Å². The summed E-state index contributed by atoms with van der Waals surface area (Å²) in [4.78, 5) is 12.0. The lowest BCUT2D eigenvalue weighted by molar-refractivity contribution is -0.148. The third kappa shape index (κ3) is 3.94. The number of esters is 1. The first kappa shape index (κ1) is 20.0. The van der Waals surface area contributed by atoms with E-state index in [1.165, 1.54) is 0 Å². The quantitative estimate of drug-likeness (QED) is 0.601. The van der Waals surface area contributed by atoms with Crippen molar-refractivity contribution in [2.45, 2.75) is 56.9 Å². The van der Waals surface area contributed by atoms with E-state index in [9.17, 15) is 13.2 Å². The lowest BCUT2D eigenvalue weighted by atomic mass is 10.1. The molecule has 8 heteroatoms. The van der Waals surface area contributed by atoms with Gasteiger partial charge in [-0.25, -0.2) is 17.9 Å². The fourth-order valence-electron chi connectivity index (χ4n) is 3.75. The average Bonchev–Trinajstić information content (AvgIpc) is 3.09. The Kier molecular flexibility index (Phi) is 5.45. The number of ether oxygens (including phenoxy) is 3. The number of hydrogen-bond acceptors (Lipinski definition) is 6. The zero-order valence-electron chi connectivity index (χ0n) is 15.9. The molecular formula is C19H25NO6S. The van der Waals surface area contributed by atoms with Gasteiger partial charge in [-0.15, -0.1) is 0 Å². The molecule has 0 aliphatic carbocycles. The van der Waals surface area contributed by atoms with Crippen LogP contribution < -0.4 is 4.72 Å². The number of sulfonamides is 1. The van der Waals surface area contributed by atoms with Crippen LogP contribution >= 0.6 is 0 Å². The number of benzene rings is 1. The first-order valence-electron chi connectivity index (χ1n) is 8.80. The minimum Gasteiger partial charge on any atom is -0.454 e. The van der Waals surface area contributed by atoms with Gasteiger partial charge < -0.3 is 14.2 Å². The Morgan fingerprint density at radius 1 is 1.15 bits per heavy atom. The highest BCUT2D eigenvalue weighted by Gasteiger charge is 2.50. The van der Waals surface area contributed by atoms with Crippen molar-refractivity contribution < 1.29 is 27.4 Å². The van der Waals surface area contributed by atoms with Gasteiger partial charge in [0, 0.05) is 5.57 Å². The van der Waals surface area contributed by atoms with E-state index in [1.807, 2.05) is 19.1 Å². The zero-order chi connectivity index (χ0) is 19.9. The number of rotatable bonds is 5. The maximum atomic E-state index is 13.0. The molecule has 27 heavy (non-hydrogen) atoms. The average molecular weight is 395 g/mol. The van der Waals surface area contributed by atoms with E-state index in [2.05, 4.69) is 11.3 Å². The summed E-state index contributed by atoms with van der Waals surface area (Å²) in [5, 5.41) is 0. The van der Waals surface area contributed by atoms with Gasteiger partial charge in [0.1, 0.15) is 12.2 Å². The van der Waals surface area contributed by atoms with E-state index in [0.29, 0.717) is 16.7 Å². The molecule has 7 nitrogen and oxygen atoms in total. The normalized spacial score (nSPS) is 27.4. The monoisotopic (exact) mass is 395 g/mol. The SMILES string of the molecule is C=C(C)C(=O)O[C@@H]1CO[C@H]2[C@@H]1OC[C@H]2NS(=O)(=O)c1c(C)cc(C)cc1C. The molecule has 2 aliphatic rings. The van der Waals surface area contributed by atoms with Gasteiger partial charge in [-0.2, -0.15) is 0 Å². The first-order valence-corrected chi connectivity index (χ1v) is 10.3. The number of carbonyl (C=O) groups excluding carboxylic acids is 1. The molecule has 148 valence electrons. The molecule has 2 heterocycles. The van der Waals surface area contributed by atoms with Crippen molar-refractivity contribution in [3.63, 3.8) is 0 Å².